The van der Waals surface area contributed by atoms with Crippen molar-refractivity contribution >= 4 is 41.7 Å². The highest BCUT2D eigenvalue weighted by Gasteiger charge is 2.30. The molecule has 5 rings (SSSR count). The number of pyridine rings is 1. The van der Waals surface area contributed by atoms with Gasteiger partial charge in [-0.1, -0.05) is 18.2 Å². The molecule has 3 heterocycles. The minimum Gasteiger partial charge on any atom is -0.461 e. The average molecular weight is 501 g/mol. The van der Waals surface area contributed by atoms with E-state index in [-0.39, 0.29) is 30.8 Å². The number of nitrogens with zero attached hydrogens (tertiary/aromatic N) is 5. The van der Waals surface area contributed by atoms with Gasteiger partial charge in [-0.3, -0.25) is 9.67 Å². The molecule has 0 radical (unpaired) electrons. The number of para-hydroxylation sites is 1. The molecule has 10 heteroatoms. The van der Waals surface area contributed by atoms with E-state index in [1.54, 1.807) is 17.8 Å². The van der Waals surface area contributed by atoms with Gasteiger partial charge in [0.2, 0.25) is 0 Å². The summed E-state index contributed by atoms with van der Waals surface area (Å²) < 4.78 is 7.05. The second kappa shape index (κ2) is 10.9. The first-order valence-electron chi connectivity index (χ1n) is 10.9. The first kappa shape index (κ1) is 25.6. The van der Waals surface area contributed by atoms with Gasteiger partial charge in [0.25, 0.3) is 0 Å². The fourth-order valence-electron chi connectivity index (χ4n) is 4.14. The van der Waals surface area contributed by atoms with Gasteiger partial charge in [-0.05, 0) is 50.4 Å². The normalized spacial score (nSPS) is 11.7. The van der Waals surface area contributed by atoms with Crippen LogP contribution in [0.15, 0.2) is 42.7 Å². The van der Waals surface area contributed by atoms with Gasteiger partial charge in [0, 0.05) is 35.5 Å². The van der Waals surface area contributed by atoms with E-state index in [0.717, 1.165) is 51.8 Å². The summed E-state index contributed by atoms with van der Waals surface area (Å²) in [5.74, 6) is 0.235. The van der Waals surface area contributed by atoms with Crippen LogP contribution in [0.3, 0.4) is 0 Å². The molecule has 0 fully saturated rings. The van der Waals surface area contributed by atoms with E-state index in [1.807, 2.05) is 36.5 Å². The van der Waals surface area contributed by atoms with Crippen molar-refractivity contribution in [3.8, 4) is 22.8 Å². The topological polar surface area (TPSA) is 109 Å². The van der Waals surface area contributed by atoms with Crippen LogP contribution >= 0.6 is 24.8 Å². The second-order valence-corrected chi connectivity index (χ2v) is 7.75. The van der Waals surface area contributed by atoms with Gasteiger partial charge in [-0.15, -0.1) is 24.8 Å². The van der Waals surface area contributed by atoms with Crippen molar-refractivity contribution in [1.82, 2.24) is 24.7 Å². The van der Waals surface area contributed by atoms with E-state index in [9.17, 15) is 4.79 Å². The van der Waals surface area contributed by atoms with E-state index in [2.05, 4.69) is 9.97 Å². The zero-order valence-electron chi connectivity index (χ0n) is 18.7. The molecule has 178 valence electrons. The van der Waals surface area contributed by atoms with Crippen LogP contribution in [0.5, 0.6) is 0 Å². The number of benzene rings is 1. The summed E-state index contributed by atoms with van der Waals surface area (Å²) in [5, 5.41) is 5.80. The van der Waals surface area contributed by atoms with Gasteiger partial charge in [-0.2, -0.15) is 5.10 Å². The lowest BCUT2D eigenvalue weighted by Gasteiger charge is -2.15. The molecular weight excluding hydrogens is 475 g/mol. The Bertz CT molecular complexity index is 1320. The van der Waals surface area contributed by atoms with Crippen molar-refractivity contribution in [3.63, 3.8) is 0 Å². The molecule has 1 aliphatic carbocycles. The third-order valence-electron chi connectivity index (χ3n) is 5.68. The summed E-state index contributed by atoms with van der Waals surface area (Å²) in [6.45, 7) is 3.19. The summed E-state index contributed by atoms with van der Waals surface area (Å²) in [7, 11) is 0. The lowest BCUT2D eigenvalue weighted by molar-refractivity contribution is 0.0510. The molecule has 1 aliphatic rings. The minimum atomic E-state index is -0.352. The number of halogens is 2. The van der Waals surface area contributed by atoms with Gasteiger partial charge in [0.15, 0.2) is 5.82 Å². The number of aryl methyl sites for hydroxylation is 2. The van der Waals surface area contributed by atoms with Crippen LogP contribution in [0.25, 0.3) is 33.7 Å². The average Bonchev–Trinajstić information content (AvgIpc) is 3.21. The van der Waals surface area contributed by atoms with Crippen LogP contribution in [0.2, 0.25) is 0 Å². The molecule has 0 unspecified atom stereocenters. The number of rotatable bonds is 6. The molecule has 3 aromatic heterocycles. The zero-order chi connectivity index (χ0) is 22.1. The molecule has 2 N–H and O–H groups in total. The van der Waals surface area contributed by atoms with Crippen molar-refractivity contribution in [2.24, 2.45) is 5.73 Å². The second-order valence-electron chi connectivity index (χ2n) is 7.75. The molecule has 0 atom stereocenters. The number of fused-ring (bicyclic) bond motifs is 4. The quantitative estimate of drug-likeness (QED) is 0.398. The highest BCUT2D eigenvalue weighted by atomic mass is 35.5. The smallest absolute Gasteiger partial charge is 0.356 e. The van der Waals surface area contributed by atoms with Crippen LogP contribution in [-0.4, -0.2) is 43.9 Å². The van der Waals surface area contributed by atoms with Crippen LogP contribution in [0.1, 0.15) is 35.0 Å². The van der Waals surface area contributed by atoms with E-state index < -0.39 is 0 Å². The van der Waals surface area contributed by atoms with Gasteiger partial charge in [0.1, 0.15) is 11.4 Å². The fourth-order valence-corrected chi connectivity index (χ4v) is 4.14. The predicted molar refractivity (Wildman–Crippen MR) is 136 cm³/mol. The number of hydrogen-bond donors (Lipinski definition) is 1. The van der Waals surface area contributed by atoms with E-state index in [4.69, 9.17) is 20.6 Å². The highest BCUT2D eigenvalue weighted by Crippen LogP contribution is 2.34. The van der Waals surface area contributed by atoms with Crippen LogP contribution in [-0.2, 0) is 24.1 Å². The van der Waals surface area contributed by atoms with Crippen molar-refractivity contribution < 1.29 is 9.53 Å². The zero-order valence-corrected chi connectivity index (χ0v) is 20.4. The standard InChI is InChI=1S/C24H24N6O2.2ClH/c1-2-32-24(31)22-18-9-8-16-13-27-23(17-12-15-6-3-4-7-19(15)26-14-17)28-20(16)21(18)29-30(22)11-5-10-25;;/h3-4,6-7,12-14H,2,5,8-11,25H2,1H3;2*1H. The van der Waals surface area contributed by atoms with Crippen molar-refractivity contribution in [2.45, 2.75) is 32.7 Å². The predicted octanol–water partition coefficient (Wildman–Crippen LogP) is 4.02. The van der Waals surface area contributed by atoms with Gasteiger partial charge >= 0.3 is 5.97 Å². The molecule has 1 aromatic carbocycles. The molecule has 0 saturated carbocycles. The number of ether oxygens (including phenoxy) is 1. The summed E-state index contributed by atoms with van der Waals surface area (Å²) in [4.78, 5) is 26.7. The Labute approximate surface area is 209 Å². The third-order valence-corrected chi connectivity index (χ3v) is 5.68. The number of nitrogens with two attached hydrogens (primary N) is 1. The molecule has 0 saturated heterocycles. The molecule has 0 bridgehead atoms. The van der Waals surface area contributed by atoms with Gasteiger partial charge < -0.3 is 10.5 Å². The maximum atomic E-state index is 12.7. The number of carbonyl (C=O) groups excluding carboxylic acids is 1. The number of hydrogen-bond acceptors (Lipinski definition) is 7. The molecule has 4 aromatic rings. The molecule has 34 heavy (non-hydrogen) atoms. The third kappa shape index (κ3) is 4.61. The van der Waals surface area contributed by atoms with Gasteiger partial charge in [-0.25, -0.2) is 14.8 Å². The number of carbonyl (C=O) groups is 1. The maximum absolute atomic E-state index is 12.7. The molecule has 8 nitrogen and oxygen atoms in total. The Balaban J connectivity index is 0.00000162. The summed E-state index contributed by atoms with van der Waals surface area (Å²) in [6.07, 6.45) is 5.81. The Hall–Kier alpha value is -3.07. The molecule has 0 amide bonds. The van der Waals surface area contributed by atoms with Crippen LogP contribution in [0, 0.1) is 0 Å². The first-order valence-corrected chi connectivity index (χ1v) is 10.9. The Morgan fingerprint density at radius 2 is 1.94 bits per heavy atom. The lowest BCUT2D eigenvalue weighted by Crippen LogP contribution is -2.17. The monoisotopic (exact) mass is 500 g/mol. The van der Waals surface area contributed by atoms with E-state index in [0.29, 0.717) is 37.6 Å². The van der Waals surface area contributed by atoms with Crippen molar-refractivity contribution in [1.29, 1.82) is 0 Å². The van der Waals surface area contributed by atoms with E-state index >= 15 is 0 Å². The van der Waals surface area contributed by atoms with Gasteiger partial charge in [0.05, 0.1) is 17.8 Å². The fraction of sp³-hybridized carbons (Fsp3) is 0.292. The Morgan fingerprint density at radius 3 is 2.74 bits per heavy atom. The molecular formula is C24H26Cl2N6O2. The Morgan fingerprint density at radius 1 is 1.12 bits per heavy atom. The van der Waals surface area contributed by atoms with Crippen LogP contribution < -0.4 is 5.73 Å². The maximum Gasteiger partial charge on any atom is 0.356 e. The molecule has 0 spiro atoms. The first-order chi connectivity index (χ1) is 15.7. The molecule has 0 aliphatic heterocycles. The largest absolute Gasteiger partial charge is 0.461 e. The number of esters is 1. The summed E-state index contributed by atoms with van der Waals surface area (Å²) >= 11 is 0. The summed E-state index contributed by atoms with van der Waals surface area (Å²) in [6, 6.07) is 9.99. The highest BCUT2D eigenvalue weighted by molar-refractivity contribution is 5.92. The SMILES string of the molecule is CCOC(=O)c1c2c(nn1CCCN)-c1nc(-c3cnc4ccccc4c3)ncc1CC2.Cl.Cl. The van der Waals surface area contributed by atoms with Crippen molar-refractivity contribution in [3.05, 3.63) is 59.5 Å². The lowest BCUT2D eigenvalue weighted by atomic mass is 9.93. The van der Waals surface area contributed by atoms with E-state index in [1.165, 1.54) is 0 Å². The number of aromatic nitrogens is 5. The minimum absolute atomic E-state index is 0. The van der Waals surface area contributed by atoms with Crippen LogP contribution in [0.4, 0.5) is 0 Å². The van der Waals surface area contributed by atoms with Crippen molar-refractivity contribution in [2.75, 3.05) is 13.2 Å². The Kier molecular flexibility index (Phi) is 8.19. The summed E-state index contributed by atoms with van der Waals surface area (Å²) in [5.41, 5.74) is 11.4.